The van der Waals surface area contributed by atoms with E-state index >= 15 is 0 Å². The quantitative estimate of drug-likeness (QED) is 0.627. The molecule has 2 rings (SSSR count). The summed E-state index contributed by atoms with van der Waals surface area (Å²) in [5, 5.41) is 0. The molecule has 0 atom stereocenters. The van der Waals surface area contributed by atoms with Gasteiger partial charge in [0.1, 0.15) is 11.5 Å². The molecule has 0 aromatic rings. The van der Waals surface area contributed by atoms with Crippen molar-refractivity contribution >= 4 is 0 Å². The predicted molar refractivity (Wildman–Crippen MR) is 66.6 cm³/mol. The molecule has 0 radical (unpaired) electrons. The first-order chi connectivity index (χ1) is 7.84. The van der Waals surface area contributed by atoms with E-state index in [9.17, 15) is 0 Å². The molecule has 0 saturated heterocycles. The van der Waals surface area contributed by atoms with E-state index in [2.05, 4.69) is 11.8 Å². The van der Waals surface area contributed by atoms with Crippen LogP contribution in [0.3, 0.4) is 0 Å². The van der Waals surface area contributed by atoms with Crippen molar-refractivity contribution in [3.63, 3.8) is 0 Å². The van der Waals surface area contributed by atoms with Crippen LogP contribution in [0.4, 0.5) is 0 Å². The van der Waals surface area contributed by atoms with Gasteiger partial charge in [-0.3, -0.25) is 0 Å². The fraction of sp³-hybridized carbons (Fsp3) is 0.133. The molecule has 0 aliphatic heterocycles. The van der Waals surface area contributed by atoms with Crippen molar-refractivity contribution in [2.75, 3.05) is 0 Å². The zero-order valence-electron chi connectivity index (χ0n) is 9.31. The molecule has 80 valence electrons. The molecule has 0 fully saturated rings. The first-order valence-corrected chi connectivity index (χ1v) is 5.36. The maximum Gasteiger partial charge on any atom is 0.134 e. The van der Waals surface area contributed by atoms with Crippen molar-refractivity contribution in [1.82, 2.24) is 0 Å². The summed E-state index contributed by atoms with van der Waals surface area (Å²) < 4.78 is 5.78. The molecule has 0 aromatic carbocycles. The molecule has 0 bridgehead atoms. The van der Waals surface area contributed by atoms with Gasteiger partial charge >= 0.3 is 0 Å². The molecule has 0 aromatic heterocycles. The van der Waals surface area contributed by atoms with Gasteiger partial charge in [-0.15, -0.1) is 5.73 Å². The third-order valence-corrected chi connectivity index (χ3v) is 2.26. The predicted octanol–water partition coefficient (Wildman–Crippen LogP) is 3.96. The minimum atomic E-state index is 0.822. The van der Waals surface area contributed by atoms with Crippen LogP contribution >= 0.6 is 0 Å². The van der Waals surface area contributed by atoms with E-state index in [4.69, 9.17) is 4.74 Å². The van der Waals surface area contributed by atoms with Crippen molar-refractivity contribution in [2.24, 2.45) is 0 Å². The Bertz CT molecular complexity index is 476. The van der Waals surface area contributed by atoms with E-state index in [1.165, 1.54) is 5.57 Å². The Morgan fingerprint density at radius 2 is 2.00 bits per heavy atom. The lowest BCUT2D eigenvalue weighted by molar-refractivity contribution is 0.313. The third-order valence-electron chi connectivity index (χ3n) is 2.26. The van der Waals surface area contributed by atoms with Crippen LogP contribution < -0.4 is 0 Å². The Morgan fingerprint density at radius 1 is 1.06 bits per heavy atom. The van der Waals surface area contributed by atoms with E-state index < -0.39 is 0 Å². The van der Waals surface area contributed by atoms with Crippen LogP contribution in [0.2, 0.25) is 0 Å². The largest absolute Gasteiger partial charge is 0.461 e. The maximum atomic E-state index is 5.78. The number of hydrogen-bond acceptors (Lipinski definition) is 1. The molecule has 1 heteroatoms. The van der Waals surface area contributed by atoms with E-state index in [0.717, 1.165) is 17.9 Å². The van der Waals surface area contributed by atoms with Crippen LogP contribution in [0.5, 0.6) is 0 Å². The number of allylic oxidation sites excluding steroid dienone is 9. The van der Waals surface area contributed by atoms with Crippen LogP contribution in [0, 0.1) is 0 Å². The molecule has 0 N–H and O–H groups in total. The van der Waals surface area contributed by atoms with Gasteiger partial charge in [0, 0.05) is 12.5 Å². The minimum Gasteiger partial charge on any atom is -0.461 e. The normalized spacial score (nSPS) is 18.4. The average molecular weight is 210 g/mol. The maximum absolute atomic E-state index is 5.78. The van der Waals surface area contributed by atoms with Gasteiger partial charge < -0.3 is 4.74 Å². The van der Waals surface area contributed by atoms with Crippen LogP contribution in [-0.4, -0.2) is 0 Å². The first-order valence-electron chi connectivity index (χ1n) is 5.36. The van der Waals surface area contributed by atoms with Gasteiger partial charge in [-0.1, -0.05) is 30.4 Å². The molecule has 0 saturated carbocycles. The molecule has 0 heterocycles. The van der Waals surface area contributed by atoms with Gasteiger partial charge in [0.25, 0.3) is 0 Å². The Labute approximate surface area is 96.1 Å². The van der Waals surface area contributed by atoms with Gasteiger partial charge in [0.2, 0.25) is 0 Å². The average Bonchev–Trinajstić information content (AvgIpc) is 2.63. The standard InChI is InChI=1S/C15H14O/c1-13-7-6-10-15(12-11-13)16-14-8-4-2-3-5-9-14/h2-5,7-8,10-12H,9H2,1H3. The summed E-state index contributed by atoms with van der Waals surface area (Å²) in [6.45, 7) is 2.04. The Kier molecular flexibility index (Phi) is 3.42. The monoisotopic (exact) mass is 210 g/mol. The van der Waals surface area contributed by atoms with Crippen molar-refractivity contribution in [2.45, 2.75) is 13.3 Å². The summed E-state index contributed by atoms with van der Waals surface area (Å²) in [5.41, 5.74) is 4.25. The van der Waals surface area contributed by atoms with E-state index in [1.54, 1.807) is 0 Å². The van der Waals surface area contributed by atoms with Crippen LogP contribution in [-0.2, 0) is 4.74 Å². The van der Waals surface area contributed by atoms with Crippen LogP contribution in [0.25, 0.3) is 0 Å². The molecule has 1 nitrogen and oxygen atoms in total. The Balaban J connectivity index is 2.11. The number of ether oxygens (including phenoxy) is 1. The van der Waals surface area contributed by atoms with Crippen LogP contribution in [0.15, 0.2) is 77.5 Å². The summed E-state index contributed by atoms with van der Waals surface area (Å²) in [6, 6.07) is 0. The fourth-order valence-corrected chi connectivity index (χ4v) is 1.41. The summed E-state index contributed by atoms with van der Waals surface area (Å²) in [5.74, 6) is 1.77. The molecule has 0 spiro atoms. The molecular weight excluding hydrogens is 196 g/mol. The molecule has 0 amide bonds. The summed E-state index contributed by atoms with van der Waals surface area (Å²) >= 11 is 0. The summed E-state index contributed by atoms with van der Waals surface area (Å²) in [4.78, 5) is 0. The smallest absolute Gasteiger partial charge is 0.134 e. The Morgan fingerprint density at radius 3 is 2.94 bits per heavy atom. The van der Waals surface area contributed by atoms with Gasteiger partial charge in [-0.05, 0) is 30.7 Å². The minimum absolute atomic E-state index is 0.822. The lowest BCUT2D eigenvalue weighted by atomic mass is 10.3. The SMILES string of the molecule is CC1=CC=C(OC2=CC=CC=CC2)C=C=C1. The Hall–Kier alpha value is -1.98. The zero-order chi connectivity index (χ0) is 11.2. The molecule has 16 heavy (non-hydrogen) atoms. The molecule has 2 aliphatic carbocycles. The third kappa shape index (κ3) is 3.01. The highest BCUT2D eigenvalue weighted by atomic mass is 16.5. The second-order valence-corrected chi connectivity index (χ2v) is 3.69. The van der Waals surface area contributed by atoms with Crippen molar-refractivity contribution in [1.29, 1.82) is 0 Å². The van der Waals surface area contributed by atoms with E-state index in [0.29, 0.717) is 0 Å². The highest BCUT2D eigenvalue weighted by Gasteiger charge is 2.00. The highest BCUT2D eigenvalue weighted by molar-refractivity contribution is 5.32. The topological polar surface area (TPSA) is 9.23 Å². The van der Waals surface area contributed by atoms with Gasteiger partial charge in [0.05, 0.1) is 0 Å². The molecule has 2 aliphatic rings. The summed E-state index contributed by atoms with van der Waals surface area (Å²) in [6.07, 6.45) is 18.7. The van der Waals surface area contributed by atoms with Gasteiger partial charge in [-0.2, -0.15) is 0 Å². The van der Waals surface area contributed by atoms with Crippen molar-refractivity contribution < 1.29 is 4.74 Å². The first kappa shape index (κ1) is 10.5. The van der Waals surface area contributed by atoms with Crippen molar-refractivity contribution in [3.05, 3.63) is 77.5 Å². The highest BCUT2D eigenvalue weighted by Crippen LogP contribution is 2.16. The lowest BCUT2D eigenvalue weighted by Gasteiger charge is -2.06. The second-order valence-electron chi connectivity index (χ2n) is 3.69. The zero-order valence-corrected chi connectivity index (χ0v) is 9.31. The summed E-state index contributed by atoms with van der Waals surface area (Å²) in [7, 11) is 0. The molecular formula is C15H14O. The molecule has 0 unspecified atom stereocenters. The van der Waals surface area contributed by atoms with E-state index in [-0.39, 0.29) is 0 Å². The number of rotatable bonds is 2. The number of hydrogen-bond donors (Lipinski definition) is 0. The second kappa shape index (κ2) is 5.20. The lowest BCUT2D eigenvalue weighted by Crippen LogP contribution is -1.89. The van der Waals surface area contributed by atoms with Gasteiger partial charge in [0.15, 0.2) is 0 Å². The van der Waals surface area contributed by atoms with E-state index in [1.807, 2.05) is 55.5 Å². The van der Waals surface area contributed by atoms with Crippen molar-refractivity contribution in [3.8, 4) is 0 Å². The fourth-order valence-electron chi connectivity index (χ4n) is 1.41. The van der Waals surface area contributed by atoms with Crippen LogP contribution in [0.1, 0.15) is 13.3 Å². The van der Waals surface area contributed by atoms with Gasteiger partial charge in [-0.25, -0.2) is 0 Å².